The highest BCUT2D eigenvalue weighted by Crippen LogP contribution is 2.31. The Bertz CT molecular complexity index is 455. The topological polar surface area (TPSA) is 91.3 Å². The molecule has 0 atom stereocenters. The normalized spacial score (nSPS) is 13.9. The highest BCUT2D eigenvalue weighted by Gasteiger charge is 2.20. The van der Waals surface area contributed by atoms with Crippen molar-refractivity contribution in [2.24, 2.45) is 5.92 Å². The van der Waals surface area contributed by atoms with Gasteiger partial charge in [-0.3, -0.25) is 9.78 Å². The molecule has 1 fully saturated rings. The Kier molecular flexibility index (Phi) is 4.33. The van der Waals surface area contributed by atoms with Gasteiger partial charge in [0.1, 0.15) is 0 Å². The van der Waals surface area contributed by atoms with Crippen LogP contribution in [0.2, 0.25) is 0 Å². The molecule has 1 aromatic heterocycles. The molecule has 2 amide bonds. The Morgan fingerprint density at radius 1 is 1.37 bits per heavy atom. The molecule has 19 heavy (non-hydrogen) atoms. The zero-order valence-corrected chi connectivity index (χ0v) is 10.6. The summed E-state index contributed by atoms with van der Waals surface area (Å²) >= 11 is 0. The summed E-state index contributed by atoms with van der Waals surface area (Å²) in [6, 6.07) is 2.98. The third kappa shape index (κ3) is 4.95. The summed E-state index contributed by atoms with van der Waals surface area (Å²) < 4.78 is 0. The van der Waals surface area contributed by atoms with Crippen LogP contribution in [-0.2, 0) is 11.2 Å². The summed E-state index contributed by atoms with van der Waals surface area (Å²) in [6.07, 6.45) is 4.92. The number of nitrogens with zero attached hydrogens (tertiary/aromatic N) is 1. The lowest BCUT2D eigenvalue weighted by Crippen LogP contribution is -2.29. The molecule has 6 heteroatoms. The predicted octanol–water partition coefficient (Wildman–Crippen LogP) is 1.63. The molecule has 3 N–H and O–H groups in total. The molecule has 0 aliphatic heterocycles. The average molecular weight is 263 g/mol. The van der Waals surface area contributed by atoms with E-state index in [9.17, 15) is 9.59 Å². The maximum atomic E-state index is 11.5. The number of carbonyl (C=O) groups is 2. The number of carboxylic acids is 1. The van der Waals surface area contributed by atoms with Gasteiger partial charge in [0.15, 0.2) is 0 Å². The lowest BCUT2D eigenvalue weighted by Gasteiger charge is -2.07. The van der Waals surface area contributed by atoms with Gasteiger partial charge in [0.05, 0.1) is 24.0 Å². The summed E-state index contributed by atoms with van der Waals surface area (Å²) in [7, 11) is 0. The molecule has 1 aromatic rings. The number of nitrogens with one attached hydrogen (secondary N) is 2. The van der Waals surface area contributed by atoms with E-state index in [4.69, 9.17) is 5.11 Å². The minimum atomic E-state index is -0.925. The molecule has 0 bridgehead atoms. The van der Waals surface area contributed by atoms with Crippen LogP contribution in [-0.4, -0.2) is 28.6 Å². The lowest BCUT2D eigenvalue weighted by molar-refractivity contribution is -0.136. The fourth-order valence-corrected chi connectivity index (χ4v) is 1.73. The van der Waals surface area contributed by atoms with Gasteiger partial charge in [-0.25, -0.2) is 4.79 Å². The maximum Gasteiger partial charge on any atom is 0.319 e. The van der Waals surface area contributed by atoms with Crippen molar-refractivity contribution in [2.75, 3.05) is 11.9 Å². The first-order valence-corrected chi connectivity index (χ1v) is 6.35. The van der Waals surface area contributed by atoms with E-state index in [1.165, 1.54) is 19.0 Å². The SMILES string of the molecule is O=C(O)Cc1ccc(NC(=O)NCCC2CC2)cn1. The average Bonchev–Trinajstić information content (AvgIpc) is 3.15. The van der Waals surface area contributed by atoms with E-state index in [0.29, 0.717) is 17.9 Å². The number of aromatic nitrogens is 1. The number of pyridine rings is 1. The van der Waals surface area contributed by atoms with E-state index in [0.717, 1.165) is 12.3 Å². The molecule has 0 unspecified atom stereocenters. The molecule has 1 saturated carbocycles. The maximum absolute atomic E-state index is 11.5. The molecular weight excluding hydrogens is 246 g/mol. The number of amides is 2. The molecule has 1 aliphatic rings. The molecule has 1 aliphatic carbocycles. The van der Waals surface area contributed by atoms with Crippen molar-refractivity contribution in [3.8, 4) is 0 Å². The number of aliphatic carboxylic acids is 1. The Balaban J connectivity index is 1.74. The number of rotatable bonds is 6. The second kappa shape index (κ2) is 6.17. The highest BCUT2D eigenvalue weighted by atomic mass is 16.4. The fraction of sp³-hybridized carbons (Fsp3) is 0.462. The lowest BCUT2D eigenvalue weighted by atomic mass is 10.2. The van der Waals surface area contributed by atoms with E-state index >= 15 is 0 Å². The van der Waals surface area contributed by atoms with Gasteiger partial charge in [-0.05, 0) is 24.5 Å². The van der Waals surface area contributed by atoms with Crippen LogP contribution < -0.4 is 10.6 Å². The second-order valence-electron chi connectivity index (χ2n) is 4.72. The molecule has 0 aromatic carbocycles. The van der Waals surface area contributed by atoms with Crippen LogP contribution in [0.15, 0.2) is 18.3 Å². The first-order valence-electron chi connectivity index (χ1n) is 6.35. The Hall–Kier alpha value is -2.11. The van der Waals surface area contributed by atoms with Crippen molar-refractivity contribution in [2.45, 2.75) is 25.7 Å². The van der Waals surface area contributed by atoms with Crippen molar-refractivity contribution >= 4 is 17.7 Å². The van der Waals surface area contributed by atoms with Gasteiger partial charge in [0.2, 0.25) is 0 Å². The number of carbonyl (C=O) groups excluding carboxylic acids is 1. The Morgan fingerprint density at radius 2 is 2.16 bits per heavy atom. The summed E-state index contributed by atoms with van der Waals surface area (Å²) in [4.78, 5) is 26.0. The highest BCUT2D eigenvalue weighted by molar-refractivity contribution is 5.89. The molecule has 0 spiro atoms. The smallest absolute Gasteiger partial charge is 0.319 e. The number of hydrogen-bond acceptors (Lipinski definition) is 3. The van der Waals surface area contributed by atoms with Crippen LogP contribution in [0.5, 0.6) is 0 Å². The van der Waals surface area contributed by atoms with Crippen LogP contribution in [0.25, 0.3) is 0 Å². The van der Waals surface area contributed by atoms with Gasteiger partial charge >= 0.3 is 12.0 Å². The van der Waals surface area contributed by atoms with Gasteiger partial charge in [-0.2, -0.15) is 0 Å². The standard InChI is InChI=1S/C13H17N3O3/c17-12(18)7-10-3-4-11(8-15-10)16-13(19)14-6-5-9-1-2-9/h3-4,8-9H,1-2,5-7H2,(H,17,18)(H2,14,16,19). The van der Waals surface area contributed by atoms with Gasteiger partial charge in [-0.15, -0.1) is 0 Å². The van der Waals surface area contributed by atoms with Crippen LogP contribution in [0, 0.1) is 5.92 Å². The van der Waals surface area contributed by atoms with Crippen LogP contribution in [0.3, 0.4) is 0 Å². The van der Waals surface area contributed by atoms with E-state index in [2.05, 4.69) is 15.6 Å². The summed E-state index contributed by atoms with van der Waals surface area (Å²) in [6.45, 7) is 0.682. The van der Waals surface area contributed by atoms with E-state index in [1.807, 2.05) is 0 Å². The van der Waals surface area contributed by atoms with Gasteiger partial charge < -0.3 is 15.7 Å². The van der Waals surface area contributed by atoms with Gasteiger partial charge in [-0.1, -0.05) is 12.8 Å². The van der Waals surface area contributed by atoms with Crippen molar-refractivity contribution in [3.05, 3.63) is 24.0 Å². The van der Waals surface area contributed by atoms with Crippen molar-refractivity contribution in [1.29, 1.82) is 0 Å². The summed E-state index contributed by atoms with van der Waals surface area (Å²) in [5, 5.41) is 14.0. The Labute approximate surface area is 111 Å². The molecule has 0 radical (unpaired) electrons. The van der Waals surface area contributed by atoms with Crippen LogP contribution in [0.1, 0.15) is 25.0 Å². The molecule has 1 heterocycles. The third-order valence-corrected chi connectivity index (χ3v) is 2.95. The van der Waals surface area contributed by atoms with Crippen LogP contribution >= 0.6 is 0 Å². The molecule has 0 saturated heterocycles. The zero-order valence-electron chi connectivity index (χ0n) is 10.6. The summed E-state index contributed by atoms with van der Waals surface area (Å²) in [5.41, 5.74) is 1.02. The first kappa shape index (κ1) is 13.3. The monoisotopic (exact) mass is 263 g/mol. The predicted molar refractivity (Wildman–Crippen MR) is 69.9 cm³/mol. The zero-order chi connectivity index (χ0) is 13.7. The van der Waals surface area contributed by atoms with Crippen molar-refractivity contribution in [1.82, 2.24) is 10.3 Å². The number of urea groups is 1. The minimum absolute atomic E-state index is 0.117. The molecule has 2 rings (SSSR count). The van der Waals surface area contributed by atoms with Gasteiger partial charge in [0, 0.05) is 6.54 Å². The quantitative estimate of drug-likeness (QED) is 0.727. The minimum Gasteiger partial charge on any atom is -0.481 e. The van der Waals surface area contributed by atoms with Crippen molar-refractivity contribution < 1.29 is 14.7 Å². The molecular formula is C13H17N3O3. The second-order valence-corrected chi connectivity index (χ2v) is 4.72. The molecule has 102 valence electrons. The number of hydrogen-bond donors (Lipinski definition) is 3. The number of anilines is 1. The fourth-order valence-electron chi connectivity index (χ4n) is 1.73. The van der Waals surface area contributed by atoms with E-state index in [1.54, 1.807) is 12.1 Å². The third-order valence-electron chi connectivity index (χ3n) is 2.95. The first-order chi connectivity index (χ1) is 9.13. The van der Waals surface area contributed by atoms with Crippen LogP contribution in [0.4, 0.5) is 10.5 Å². The van der Waals surface area contributed by atoms with Gasteiger partial charge in [0.25, 0.3) is 0 Å². The number of carboxylic acid groups (broad SMARTS) is 1. The Morgan fingerprint density at radius 3 is 2.74 bits per heavy atom. The van der Waals surface area contributed by atoms with E-state index < -0.39 is 5.97 Å². The molecule has 6 nitrogen and oxygen atoms in total. The largest absolute Gasteiger partial charge is 0.481 e. The van der Waals surface area contributed by atoms with E-state index in [-0.39, 0.29) is 12.5 Å². The summed E-state index contributed by atoms with van der Waals surface area (Å²) in [5.74, 6) is -0.136. The van der Waals surface area contributed by atoms with Crippen molar-refractivity contribution in [3.63, 3.8) is 0 Å².